The number of amides is 1. The molecule has 0 bridgehead atoms. The average Bonchev–Trinajstić information content (AvgIpc) is 3.03. The largest absolute Gasteiger partial charge is 0.481 e. The lowest BCUT2D eigenvalue weighted by Gasteiger charge is -2.16. The third-order valence-electron chi connectivity index (χ3n) is 3.88. The Labute approximate surface area is 124 Å². The van der Waals surface area contributed by atoms with Gasteiger partial charge in [0.1, 0.15) is 0 Å². The van der Waals surface area contributed by atoms with Crippen LogP contribution in [0, 0.1) is 11.8 Å². The van der Waals surface area contributed by atoms with Gasteiger partial charge in [0, 0.05) is 19.6 Å². The summed E-state index contributed by atoms with van der Waals surface area (Å²) in [5.74, 6) is -0.895. The van der Waals surface area contributed by atoms with E-state index in [1.54, 1.807) is 11.1 Å². The third kappa shape index (κ3) is 3.25. The Morgan fingerprint density at radius 1 is 1.48 bits per heavy atom. The Hall–Kier alpha value is -1.85. The molecule has 0 spiro atoms. The van der Waals surface area contributed by atoms with Gasteiger partial charge in [-0.3, -0.25) is 14.3 Å². The molecule has 0 saturated carbocycles. The molecule has 1 amide bonds. The minimum absolute atomic E-state index is 0.0920. The van der Waals surface area contributed by atoms with Gasteiger partial charge >= 0.3 is 5.97 Å². The molecule has 0 aliphatic carbocycles. The van der Waals surface area contributed by atoms with Gasteiger partial charge < -0.3 is 10.0 Å². The Morgan fingerprint density at radius 2 is 2.19 bits per heavy atom. The molecule has 0 radical (unpaired) electrons. The van der Waals surface area contributed by atoms with Crippen molar-refractivity contribution in [1.82, 2.24) is 14.7 Å². The molecule has 6 nitrogen and oxygen atoms in total. The molecule has 1 unspecified atom stereocenters. The van der Waals surface area contributed by atoms with Crippen molar-refractivity contribution >= 4 is 11.9 Å². The molecule has 0 aromatic carbocycles. The number of hydrogen-bond donors (Lipinski definition) is 1. The summed E-state index contributed by atoms with van der Waals surface area (Å²) in [5.41, 5.74) is 1.55. The van der Waals surface area contributed by atoms with Gasteiger partial charge in [-0.1, -0.05) is 20.8 Å². The number of rotatable bonds is 5. The number of carboxylic acid groups (broad SMARTS) is 1. The predicted octanol–water partition coefficient (Wildman–Crippen LogP) is 1.65. The van der Waals surface area contributed by atoms with Gasteiger partial charge in [-0.05, 0) is 18.8 Å². The van der Waals surface area contributed by atoms with Gasteiger partial charge in [-0.15, -0.1) is 0 Å². The SMILES string of the molecule is CCc1c(C(=O)N2CCC(C(=O)O)C2)cnn1CC(C)C. The zero-order valence-electron chi connectivity index (χ0n) is 12.9. The van der Waals surface area contributed by atoms with Crippen LogP contribution in [0.1, 0.15) is 43.2 Å². The second-order valence-electron chi connectivity index (χ2n) is 6.01. The van der Waals surface area contributed by atoms with Crippen LogP contribution in [0.4, 0.5) is 0 Å². The van der Waals surface area contributed by atoms with E-state index in [0.29, 0.717) is 31.0 Å². The van der Waals surface area contributed by atoms with Gasteiger partial charge in [0.15, 0.2) is 0 Å². The normalized spacial score (nSPS) is 18.5. The van der Waals surface area contributed by atoms with Crippen molar-refractivity contribution in [2.45, 2.75) is 40.2 Å². The lowest BCUT2D eigenvalue weighted by atomic mass is 10.1. The number of nitrogens with zero attached hydrogens (tertiary/aromatic N) is 3. The lowest BCUT2D eigenvalue weighted by molar-refractivity contribution is -0.141. The third-order valence-corrected chi connectivity index (χ3v) is 3.88. The predicted molar refractivity (Wildman–Crippen MR) is 78.1 cm³/mol. The highest BCUT2D eigenvalue weighted by molar-refractivity contribution is 5.95. The van der Waals surface area contributed by atoms with Crippen molar-refractivity contribution in [3.05, 3.63) is 17.5 Å². The maximum Gasteiger partial charge on any atom is 0.308 e. The summed E-state index contributed by atoms with van der Waals surface area (Å²) in [6, 6.07) is 0. The molecule has 116 valence electrons. The Kier molecular flexibility index (Phi) is 4.65. The number of hydrogen-bond acceptors (Lipinski definition) is 3. The molecule has 1 saturated heterocycles. The van der Waals surface area contributed by atoms with E-state index in [0.717, 1.165) is 18.7 Å². The zero-order valence-corrected chi connectivity index (χ0v) is 12.9. The Bertz CT molecular complexity index is 536. The summed E-state index contributed by atoms with van der Waals surface area (Å²) in [5, 5.41) is 13.4. The first-order chi connectivity index (χ1) is 9.93. The summed E-state index contributed by atoms with van der Waals surface area (Å²) in [6.45, 7) is 7.82. The topological polar surface area (TPSA) is 75.4 Å². The number of carboxylic acids is 1. The lowest BCUT2D eigenvalue weighted by Crippen LogP contribution is -2.30. The maximum absolute atomic E-state index is 12.6. The van der Waals surface area contributed by atoms with E-state index in [-0.39, 0.29) is 5.91 Å². The van der Waals surface area contributed by atoms with Crippen molar-refractivity contribution < 1.29 is 14.7 Å². The second kappa shape index (κ2) is 6.28. The van der Waals surface area contributed by atoms with Gasteiger partial charge in [-0.2, -0.15) is 5.10 Å². The fraction of sp³-hybridized carbons (Fsp3) is 0.667. The number of carbonyl (C=O) groups is 2. The van der Waals surface area contributed by atoms with Crippen molar-refractivity contribution in [3.63, 3.8) is 0 Å². The maximum atomic E-state index is 12.6. The Balaban J connectivity index is 2.16. The van der Waals surface area contributed by atoms with Crippen LogP contribution in [0.2, 0.25) is 0 Å². The van der Waals surface area contributed by atoms with Crippen LogP contribution in [-0.2, 0) is 17.8 Å². The van der Waals surface area contributed by atoms with Crippen LogP contribution >= 0.6 is 0 Å². The molecule has 1 N–H and O–H groups in total. The number of carbonyl (C=O) groups excluding carboxylic acids is 1. The first kappa shape index (κ1) is 15.5. The fourth-order valence-corrected chi connectivity index (χ4v) is 2.78. The molecule has 6 heteroatoms. The van der Waals surface area contributed by atoms with Crippen LogP contribution in [-0.4, -0.2) is 44.8 Å². The summed E-state index contributed by atoms with van der Waals surface area (Å²) >= 11 is 0. The Morgan fingerprint density at radius 3 is 2.71 bits per heavy atom. The molecule has 21 heavy (non-hydrogen) atoms. The van der Waals surface area contributed by atoms with Crippen LogP contribution in [0.3, 0.4) is 0 Å². The van der Waals surface area contributed by atoms with E-state index in [1.165, 1.54) is 0 Å². The molecule has 1 fully saturated rings. The standard InChI is InChI=1S/C15H23N3O3/c1-4-13-12(7-16-18(13)8-10(2)3)14(19)17-6-5-11(9-17)15(20)21/h7,10-11H,4-6,8-9H2,1-3H3,(H,20,21). The van der Waals surface area contributed by atoms with Crippen molar-refractivity contribution in [3.8, 4) is 0 Å². The number of aromatic nitrogens is 2. The summed E-state index contributed by atoms with van der Waals surface area (Å²) in [4.78, 5) is 25.2. The van der Waals surface area contributed by atoms with Crippen LogP contribution in [0.5, 0.6) is 0 Å². The van der Waals surface area contributed by atoms with E-state index < -0.39 is 11.9 Å². The van der Waals surface area contributed by atoms with E-state index >= 15 is 0 Å². The summed E-state index contributed by atoms with van der Waals surface area (Å²) < 4.78 is 1.89. The van der Waals surface area contributed by atoms with Crippen LogP contribution in [0.25, 0.3) is 0 Å². The molecule has 2 rings (SSSR count). The number of likely N-dealkylation sites (tertiary alicyclic amines) is 1. The van der Waals surface area contributed by atoms with Gasteiger partial charge in [0.2, 0.25) is 0 Å². The monoisotopic (exact) mass is 293 g/mol. The first-order valence-corrected chi connectivity index (χ1v) is 7.50. The summed E-state index contributed by atoms with van der Waals surface area (Å²) in [6.07, 6.45) is 2.89. The molecule has 1 atom stereocenters. The quantitative estimate of drug-likeness (QED) is 0.895. The zero-order chi connectivity index (χ0) is 15.6. The fourth-order valence-electron chi connectivity index (χ4n) is 2.78. The minimum Gasteiger partial charge on any atom is -0.481 e. The smallest absolute Gasteiger partial charge is 0.308 e. The van der Waals surface area contributed by atoms with Gasteiger partial charge in [0.05, 0.1) is 23.4 Å². The molecule has 1 aliphatic heterocycles. The molecular weight excluding hydrogens is 270 g/mol. The van der Waals surface area contributed by atoms with Crippen molar-refractivity contribution in [2.24, 2.45) is 11.8 Å². The summed E-state index contributed by atoms with van der Waals surface area (Å²) in [7, 11) is 0. The molecule has 2 heterocycles. The first-order valence-electron chi connectivity index (χ1n) is 7.50. The van der Waals surface area contributed by atoms with Gasteiger partial charge in [0.25, 0.3) is 5.91 Å². The number of aliphatic carboxylic acids is 1. The van der Waals surface area contributed by atoms with Gasteiger partial charge in [-0.25, -0.2) is 0 Å². The molecule has 1 aromatic rings. The van der Waals surface area contributed by atoms with E-state index in [9.17, 15) is 9.59 Å². The second-order valence-corrected chi connectivity index (χ2v) is 6.01. The molecular formula is C15H23N3O3. The average molecular weight is 293 g/mol. The van der Waals surface area contributed by atoms with E-state index in [2.05, 4.69) is 18.9 Å². The van der Waals surface area contributed by atoms with E-state index in [1.807, 2.05) is 11.6 Å². The highest BCUT2D eigenvalue weighted by atomic mass is 16.4. The van der Waals surface area contributed by atoms with Crippen molar-refractivity contribution in [2.75, 3.05) is 13.1 Å². The molecule has 1 aliphatic rings. The highest BCUT2D eigenvalue weighted by Crippen LogP contribution is 2.21. The minimum atomic E-state index is -0.823. The van der Waals surface area contributed by atoms with E-state index in [4.69, 9.17) is 5.11 Å². The van der Waals surface area contributed by atoms with Crippen LogP contribution < -0.4 is 0 Å². The highest BCUT2D eigenvalue weighted by Gasteiger charge is 2.32. The molecule has 1 aromatic heterocycles. The van der Waals surface area contributed by atoms with Crippen molar-refractivity contribution in [1.29, 1.82) is 0 Å². The van der Waals surface area contributed by atoms with Crippen LogP contribution in [0.15, 0.2) is 6.20 Å².